The summed E-state index contributed by atoms with van der Waals surface area (Å²) >= 11 is 0. The third kappa shape index (κ3) is 3.57. The van der Waals surface area contributed by atoms with Crippen LogP contribution in [0, 0.1) is 24.7 Å². The van der Waals surface area contributed by atoms with Crippen molar-refractivity contribution in [1.82, 2.24) is 9.88 Å². The number of likely N-dealkylation sites (tertiary alicyclic amines) is 1. The van der Waals surface area contributed by atoms with Gasteiger partial charge in [-0.2, -0.15) is 0 Å². The minimum atomic E-state index is -0.143. The molecule has 0 amide bonds. The molecule has 3 heterocycles. The maximum absolute atomic E-state index is 11.9. The monoisotopic (exact) mass is 394 g/mol. The quantitative estimate of drug-likeness (QED) is 0.726. The molecule has 29 heavy (non-hydrogen) atoms. The number of aromatic nitrogens is 1. The van der Waals surface area contributed by atoms with Gasteiger partial charge in [0.2, 0.25) is 0 Å². The molecular formula is C23H26N2O4. The zero-order chi connectivity index (χ0) is 20.0. The molecule has 6 nitrogen and oxygen atoms in total. The van der Waals surface area contributed by atoms with E-state index in [4.69, 9.17) is 14.2 Å². The largest absolute Gasteiger partial charge is 0.484 e. The number of ether oxygens (including phenoxy) is 3. The molecule has 5 rings (SSSR count). The Labute approximate surface area is 170 Å². The lowest BCUT2D eigenvalue weighted by molar-refractivity contribution is -0.145. The molecule has 1 saturated heterocycles. The van der Waals surface area contributed by atoms with Crippen LogP contribution in [0.2, 0.25) is 0 Å². The number of rotatable bonds is 5. The van der Waals surface area contributed by atoms with Gasteiger partial charge in [0.05, 0.1) is 12.5 Å². The molecule has 1 aliphatic carbocycles. The van der Waals surface area contributed by atoms with E-state index in [0.29, 0.717) is 36.7 Å². The number of benzene rings is 1. The number of aryl methyl sites for hydroxylation is 1. The highest BCUT2D eigenvalue weighted by molar-refractivity contribution is 5.77. The van der Waals surface area contributed by atoms with Crippen LogP contribution in [0.5, 0.6) is 11.6 Å². The van der Waals surface area contributed by atoms with Crippen LogP contribution in [0.3, 0.4) is 0 Å². The summed E-state index contributed by atoms with van der Waals surface area (Å²) in [4.78, 5) is 18.8. The fourth-order valence-electron chi connectivity index (χ4n) is 4.64. The first-order valence-electron chi connectivity index (χ1n) is 10.4. The maximum atomic E-state index is 11.9. The van der Waals surface area contributed by atoms with Crippen molar-refractivity contribution in [1.29, 1.82) is 0 Å². The molecule has 2 aliphatic heterocycles. The Morgan fingerprint density at radius 1 is 1.17 bits per heavy atom. The molecule has 1 aromatic carbocycles. The van der Waals surface area contributed by atoms with Crippen LogP contribution in [0.4, 0.5) is 0 Å². The Hall–Kier alpha value is -2.60. The van der Waals surface area contributed by atoms with Crippen LogP contribution in [-0.4, -0.2) is 42.2 Å². The average molecular weight is 394 g/mol. The van der Waals surface area contributed by atoms with Crippen molar-refractivity contribution in [3.63, 3.8) is 0 Å². The number of hydrogen-bond donors (Lipinski definition) is 0. The van der Waals surface area contributed by atoms with Gasteiger partial charge in [0.25, 0.3) is 5.88 Å². The fourth-order valence-corrected chi connectivity index (χ4v) is 4.64. The first-order chi connectivity index (χ1) is 14.1. The van der Waals surface area contributed by atoms with E-state index in [1.54, 1.807) is 0 Å². The predicted octanol–water partition coefficient (Wildman–Crippen LogP) is 3.14. The topological polar surface area (TPSA) is 60.9 Å². The van der Waals surface area contributed by atoms with E-state index in [9.17, 15) is 4.79 Å². The van der Waals surface area contributed by atoms with Gasteiger partial charge >= 0.3 is 5.97 Å². The summed E-state index contributed by atoms with van der Waals surface area (Å²) in [6.45, 7) is 7.65. The Morgan fingerprint density at radius 2 is 1.93 bits per heavy atom. The van der Waals surface area contributed by atoms with Gasteiger partial charge in [-0.3, -0.25) is 9.69 Å². The molecular weight excluding hydrogens is 368 g/mol. The molecule has 3 aliphatic rings. The lowest BCUT2D eigenvalue weighted by Crippen LogP contribution is -2.26. The number of fused-ring (bicyclic) bond motifs is 2. The van der Waals surface area contributed by atoms with Gasteiger partial charge in [-0.25, -0.2) is 4.98 Å². The van der Waals surface area contributed by atoms with Crippen molar-refractivity contribution in [2.45, 2.75) is 26.5 Å². The summed E-state index contributed by atoms with van der Waals surface area (Å²) in [6.07, 6.45) is -0.143. The van der Waals surface area contributed by atoms with Crippen molar-refractivity contribution >= 4 is 5.97 Å². The van der Waals surface area contributed by atoms with E-state index < -0.39 is 0 Å². The van der Waals surface area contributed by atoms with Gasteiger partial charge in [-0.1, -0.05) is 24.3 Å². The normalized spacial score (nSPS) is 27.4. The van der Waals surface area contributed by atoms with Crippen LogP contribution in [0.15, 0.2) is 36.4 Å². The number of hydrogen-bond acceptors (Lipinski definition) is 6. The minimum Gasteiger partial charge on any atom is -0.484 e. The van der Waals surface area contributed by atoms with Crippen LogP contribution in [-0.2, 0) is 16.1 Å². The Bertz CT molecular complexity index is 902. The highest BCUT2D eigenvalue weighted by atomic mass is 16.6. The van der Waals surface area contributed by atoms with E-state index in [-0.39, 0.29) is 18.0 Å². The van der Waals surface area contributed by atoms with E-state index in [1.165, 1.54) is 5.56 Å². The average Bonchev–Trinajstić information content (AvgIpc) is 3.24. The van der Waals surface area contributed by atoms with Gasteiger partial charge < -0.3 is 14.2 Å². The molecule has 152 valence electrons. The van der Waals surface area contributed by atoms with Crippen molar-refractivity contribution in [3.05, 3.63) is 53.2 Å². The molecule has 0 radical (unpaired) electrons. The molecule has 0 bridgehead atoms. The molecule has 0 spiro atoms. The van der Waals surface area contributed by atoms with Gasteiger partial charge in [0.15, 0.2) is 11.9 Å². The Morgan fingerprint density at radius 3 is 2.66 bits per heavy atom. The van der Waals surface area contributed by atoms with Crippen molar-refractivity contribution < 1.29 is 19.0 Å². The summed E-state index contributed by atoms with van der Waals surface area (Å²) in [5.41, 5.74) is 3.28. The SMILES string of the molecule is CCOC(=O)C1C2CN(Cc3ccc(C4COc5ccc(C)nc5O4)cc3)CC21. The molecule has 3 unspecified atom stereocenters. The van der Waals surface area contributed by atoms with E-state index >= 15 is 0 Å². The zero-order valence-corrected chi connectivity index (χ0v) is 16.8. The summed E-state index contributed by atoms with van der Waals surface area (Å²) in [6, 6.07) is 12.4. The van der Waals surface area contributed by atoms with Crippen LogP contribution in [0.25, 0.3) is 0 Å². The first-order valence-corrected chi connectivity index (χ1v) is 10.4. The van der Waals surface area contributed by atoms with Gasteiger partial charge in [0, 0.05) is 25.3 Å². The van der Waals surface area contributed by atoms with Crippen molar-refractivity contribution in [2.24, 2.45) is 17.8 Å². The number of piperidine rings is 1. The van der Waals surface area contributed by atoms with E-state index in [0.717, 1.165) is 30.9 Å². The maximum Gasteiger partial charge on any atom is 0.309 e. The number of nitrogens with zero attached hydrogens (tertiary/aromatic N) is 2. The predicted molar refractivity (Wildman–Crippen MR) is 107 cm³/mol. The third-order valence-electron chi connectivity index (χ3n) is 6.19. The summed E-state index contributed by atoms with van der Waals surface area (Å²) in [7, 11) is 0. The third-order valence-corrected chi connectivity index (χ3v) is 6.19. The van der Waals surface area contributed by atoms with Crippen LogP contribution in [0.1, 0.15) is 29.8 Å². The molecule has 2 aromatic rings. The summed E-state index contributed by atoms with van der Waals surface area (Å²) in [5.74, 6) is 2.37. The molecule has 0 N–H and O–H groups in total. The second kappa shape index (κ2) is 7.34. The molecule has 1 saturated carbocycles. The fraction of sp³-hybridized carbons (Fsp3) is 0.478. The molecule has 2 fully saturated rings. The number of esters is 1. The standard InChI is InChI=1S/C23H26N2O4/c1-3-27-23(26)21-17-11-25(12-18(17)21)10-15-5-7-16(8-6-15)20-13-28-19-9-4-14(2)24-22(19)29-20/h4-9,17-18,20-21H,3,10-13H2,1-2H3. The van der Waals surface area contributed by atoms with E-state index in [2.05, 4.69) is 34.1 Å². The zero-order valence-electron chi connectivity index (χ0n) is 16.8. The smallest absolute Gasteiger partial charge is 0.309 e. The number of carbonyl (C=O) groups excluding carboxylic acids is 1. The molecule has 3 atom stereocenters. The second-order valence-electron chi connectivity index (χ2n) is 8.21. The van der Waals surface area contributed by atoms with Gasteiger partial charge in [0.1, 0.15) is 6.61 Å². The van der Waals surface area contributed by atoms with Crippen LogP contribution >= 0.6 is 0 Å². The van der Waals surface area contributed by atoms with Crippen molar-refractivity contribution in [3.8, 4) is 11.6 Å². The van der Waals surface area contributed by atoms with Crippen molar-refractivity contribution in [2.75, 3.05) is 26.3 Å². The highest BCUT2D eigenvalue weighted by Gasteiger charge is 2.60. The lowest BCUT2D eigenvalue weighted by atomic mass is 10.1. The van der Waals surface area contributed by atoms with E-state index in [1.807, 2.05) is 26.0 Å². The summed E-state index contributed by atoms with van der Waals surface area (Å²) in [5, 5.41) is 0. The summed E-state index contributed by atoms with van der Waals surface area (Å²) < 4.78 is 17.0. The number of carbonyl (C=O) groups is 1. The number of pyridine rings is 1. The van der Waals surface area contributed by atoms with Gasteiger partial charge in [-0.05, 0) is 48.9 Å². The highest BCUT2D eigenvalue weighted by Crippen LogP contribution is 2.52. The first kappa shape index (κ1) is 18.4. The minimum absolute atomic E-state index is 0.00698. The molecule has 6 heteroatoms. The van der Waals surface area contributed by atoms with Crippen LogP contribution < -0.4 is 9.47 Å². The second-order valence-corrected chi connectivity index (χ2v) is 8.21. The Kier molecular flexibility index (Phi) is 4.66. The Balaban J connectivity index is 1.17. The van der Waals surface area contributed by atoms with Gasteiger partial charge in [-0.15, -0.1) is 0 Å². The lowest BCUT2D eigenvalue weighted by Gasteiger charge is -2.26. The molecule has 1 aromatic heterocycles.